The van der Waals surface area contributed by atoms with Crippen LogP contribution in [0.5, 0.6) is 0 Å². The molecule has 1 heterocycles. The van der Waals surface area contributed by atoms with Gasteiger partial charge < -0.3 is 10.1 Å². The van der Waals surface area contributed by atoms with Crippen molar-refractivity contribution in [1.82, 2.24) is 14.3 Å². The smallest absolute Gasteiger partial charge is 0.280 e. The molecule has 1 rings (SSSR count). The first-order valence-corrected chi connectivity index (χ1v) is 6.97. The molecule has 0 atom stereocenters. The molecule has 0 unspecified atom stereocenters. The predicted octanol–water partition coefficient (Wildman–Crippen LogP) is -1.32. The molecule has 0 aromatic rings. The second-order valence-electron chi connectivity index (χ2n) is 4.06. The van der Waals surface area contributed by atoms with E-state index in [9.17, 15) is 13.2 Å². The number of hydrogen-bond acceptors (Lipinski definition) is 4. The Bertz CT molecular complexity index is 349. The third-order valence-corrected chi connectivity index (χ3v) is 3.73. The van der Waals surface area contributed by atoms with E-state index in [1.165, 1.54) is 4.31 Å². The van der Waals surface area contributed by atoms with Crippen LogP contribution >= 0.6 is 0 Å². The van der Waals surface area contributed by atoms with E-state index < -0.39 is 10.2 Å². The molecule has 8 heteroatoms. The molecule has 1 amide bonds. The van der Waals surface area contributed by atoms with Crippen molar-refractivity contribution < 1.29 is 17.9 Å². The highest BCUT2D eigenvalue weighted by molar-refractivity contribution is 7.87. The molecule has 1 aliphatic rings. The topological polar surface area (TPSA) is 87.7 Å². The third-order valence-electron chi connectivity index (χ3n) is 2.17. The molecule has 0 aromatic carbocycles. The monoisotopic (exact) mass is 265 g/mol. The van der Waals surface area contributed by atoms with Crippen LogP contribution in [0.2, 0.25) is 0 Å². The zero-order valence-electron chi connectivity index (χ0n) is 10.1. The van der Waals surface area contributed by atoms with E-state index >= 15 is 0 Å². The van der Waals surface area contributed by atoms with Gasteiger partial charge in [-0.2, -0.15) is 17.4 Å². The van der Waals surface area contributed by atoms with Crippen molar-refractivity contribution >= 4 is 16.1 Å². The lowest BCUT2D eigenvalue weighted by Gasteiger charge is -2.26. The summed E-state index contributed by atoms with van der Waals surface area (Å²) in [5.41, 5.74) is 0. The summed E-state index contributed by atoms with van der Waals surface area (Å²) in [5, 5.41) is 2.61. The van der Waals surface area contributed by atoms with Crippen molar-refractivity contribution in [3.63, 3.8) is 0 Å². The molecule has 1 saturated heterocycles. The summed E-state index contributed by atoms with van der Waals surface area (Å²) < 4.78 is 32.1. The Balaban J connectivity index is 2.41. The van der Waals surface area contributed by atoms with E-state index in [0.717, 1.165) is 0 Å². The fourth-order valence-electron chi connectivity index (χ4n) is 1.41. The van der Waals surface area contributed by atoms with Crippen molar-refractivity contribution in [2.24, 2.45) is 0 Å². The summed E-state index contributed by atoms with van der Waals surface area (Å²) >= 11 is 0. The third kappa shape index (κ3) is 4.99. The Morgan fingerprint density at radius 3 is 2.47 bits per heavy atom. The first-order chi connectivity index (χ1) is 7.92. The van der Waals surface area contributed by atoms with Gasteiger partial charge in [-0.25, -0.2) is 0 Å². The van der Waals surface area contributed by atoms with Crippen molar-refractivity contribution in [2.45, 2.75) is 19.9 Å². The van der Waals surface area contributed by atoms with Gasteiger partial charge in [0.15, 0.2) is 0 Å². The lowest BCUT2D eigenvalue weighted by Crippen LogP contribution is -2.49. The summed E-state index contributed by atoms with van der Waals surface area (Å²) in [5.74, 6) is -0.336. The van der Waals surface area contributed by atoms with Gasteiger partial charge in [-0.15, -0.1) is 0 Å². The van der Waals surface area contributed by atoms with Gasteiger partial charge >= 0.3 is 0 Å². The van der Waals surface area contributed by atoms with Crippen molar-refractivity contribution in [3.8, 4) is 0 Å². The Hall–Kier alpha value is -0.700. The number of carbonyl (C=O) groups excluding carboxylic acids is 1. The Morgan fingerprint density at radius 1 is 1.35 bits per heavy atom. The quantitative estimate of drug-likeness (QED) is 0.645. The van der Waals surface area contributed by atoms with E-state index in [1.54, 1.807) is 0 Å². The average molecular weight is 265 g/mol. The number of hydrogen-bond donors (Lipinski definition) is 2. The minimum absolute atomic E-state index is 0.00427. The Labute approximate surface area is 102 Å². The number of nitrogens with zero attached hydrogens (tertiary/aromatic N) is 1. The summed E-state index contributed by atoms with van der Waals surface area (Å²) in [4.78, 5) is 11.3. The maximum Gasteiger partial charge on any atom is 0.280 e. The maximum absolute atomic E-state index is 11.8. The number of nitrogens with one attached hydrogen (secondary N) is 2. The minimum atomic E-state index is -3.57. The summed E-state index contributed by atoms with van der Waals surface area (Å²) in [6.07, 6.45) is 0. The van der Waals surface area contributed by atoms with Crippen LogP contribution in [0.15, 0.2) is 0 Å². The van der Waals surface area contributed by atoms with Gasteiger partial charge in [-0.3, -0.25) is 4.79 Å². The lowest BCUT2D eigenvalue weighted by molar-refractivity contribution is -0.120. The fraction of sp³-hybridized carbons (Fsp3) is 0.889. The molecular weight excluding hydrogens is 246 g/mol. The molecule has 100 valence electrons. The molecule has 0 saturated carbocycles. The van der Waals surface area contributed by atoms with Gasteiger partial charge in [0.25, 0.3) is 10.2 Å². The van der Waals surface area contributed by atoms with Crippen LogP contribution in [0, 0.1) is 0 Å². The number of ether oxygens (including phenoxy) is 1. The first-order valence-electron chi connectivity index (χ1n) is 5.53. The molecule has 2 N–H and O–H groups in total. The predicted molar refractivity (Wildman–Crippen MR) is 62.6 cm³/mol. The average Bonchev–Trinajstić information content (AvgIpc) is 2.27. The van der Waals surface area contributed by atoms with Crippen LogP contribution in [0.1, 0.15) is 13.8 Å². The molecule has 7 nitrogen and oxygen atoms in total. The van der Waals surface area contributed by atoms with E-state index in [1.807, 2.05) is 13.8 Å². The Kier molecular flexibility index (Phi) is 5.31. The standard InChI is InChI=1S/C9H19N3O4S/c1-8(2)11-9(13)7-10-17(14,15)12-3-5-16-6-4-12/h8,10H,3-7H2,1-2H3,(H,11,13). The zero-order chi connectivity index (χ0) is 12.9. The number of rotatable bonds is 5. The van der Waals surface area contributed by atoms with E-state index in [4.69, 9.17) is 4.74 Å². The second-order valence-corrected chi connectivity index (χ2v) is 5.81. The zero-order valence-corrected chi connectivity index (χ0v) is 10.9. The molecule has 17 heavy (non-hydrogen) atoms. The molecule has 1 aliphatic heterocycles. The molecule has 0 aromatic heterocycles. The van der Waals surface area contributed by atoms with E-state index in [-0.39, 0.29) is 18.5 Å². The van der Waals surface area contributed by atoms with Crippen molar-refractivity contribution in [3.05, 3.63) is 0 Å². The SMILES string of the molecule is CC(C)NC(=O)CNS(=O)(=O)N1CCOCC1. The molecule has 0 radical (unpaired) electrons. The highest BCUT2D eigenvalue weighted by Crippen LogP contribution is 2.02. The van der Waals surface area contributed by atoms with Crippen LogP contribution in [0.3, 0.4) is 0 Å². The second kappa shape index (κ2) is 6.29. The first kappa shape index (κ1) is 14.4. The summed E-state index contributed by atoms with van der Waals surface area (Å²) in [6, 6.07) is -0.00427. The molecule has 0 spiro atoms. The minimum Gasteiger partial charge on any atom is -0.379 e. The van der Waals surface area contributed by atoms with Gasteiger partial charge in [0, 0.05) is 19.1 Å². The van der Waals surface area contributed by atoms with Crippen LogP contribution in [0.4, 0.5) is 0 Å². The Morgan fingerprint density at radius 2 is 1.94 bits per heavy atom. The maximum atomic E-state index is 11.8. The van der Waals surface area contributed by atoms with Crippen LogP contribution < -0.4 is 10.0 Å². The van der Waals surface area contributed by atoms with E-state index in [0.29, 0.717) is 26.3 Å². The summed E-state index contributed by atoms with van der Waals surface area (Å²) in [7, 11) is -3.57. The molecule has 0 aliphatic carbocycles. The van der Waals surface area contributed by atoms with Crippen molar-refractivity contribution in [1.29, 1.82) is 0 Å². The summed E-state index contributed by atoms with van der Waals surface area (Å²) in [6.45, 7) is 4.81. The van der Waals surface area contributed by atoms with Crippen LogP contribution in [-0.4, -0.2) is 57.5 Å². The largest absolute Gasteiger partial charge is 0.379 e. The lowest BCUT2D eigenvalue weighted by atomic mass is 10.4. The number of carbonyl (C=O) groups is 1. The molecular formula is C9H19N3O4S. The van der Waals surface area contributed by atoms with Gasteiger partial charge in [-0.05, 0) is 13.8 Å². The molecule has 1 fully saturated rings. The van der Waals surface area contributed by atoms with Crippen LogP contribution in [-0.2, 0) is 19.7 Å². The highest BCUT2D eigenvalue weighted by atomic mass is 32.2. The van der Waals surface area contributed by atoms with E-state index in [2.05, 4.69) is 10.0 Å². The normalized spacial score (nSPS) is 18.3. The fourth-order valence-corrected chi connectivity index (χ4v) is 2.53. The van der Waals surface area contributed by atoms with Gasteiger partial charge in [0.1, 0.15) is 0 Å². The van der Waals surface area contributed by atoms with Gasteiger partial charge in [-0.1, -0.05) is 0 Å². The number of amides is 1. The highest BCUT2D eigenvalue weighted by Gasteiger charge is 2.24. The van der Waals surface area contributed by atoms with Gasteiger partial charge in [0.2, 0.25) is 5.91 Å². The van der Waals surface area contributed by atoms with Crippen molar-refractivity contribution in [2.75, 3.05) is 32.8 Å². The van der Waals surface area contributed by atoms with Crippen LogP contribution in [0.25, 0.3) is 0 Å². The number of morpholine rings is 1. The van der Waals surface area contributed by atoms with Gasteiger partial charge in [0.05, 0.1) is 19.8 Å². The molecule has 0 bridgehead atoms.